The molecule has 1 amide bonds. The van der Waals surface area contributed by atoms with Crippen molar-refractivity contribution in [3.05, 3.63) is 28.2 Å². The number of aryl methyl sites for hydroxylation is 1. The second-order valence-electron chi connectivity index (χ2n) is 4.26. The minimum absolute atomic E-state index is 0.0678. The molecule has 19 heavy (non-hydrogen) atoms. The maximum Gasteiger partial charge on any atom is 0.273 e. The lowest BCUT2D eigenvalue weighted by Gasteiger charge is -2.31. The Kier molecular flexibility index (Phi) is 3.26. The van der Waals surface area contributed by atoms with Crippen LogP contribution in [0.15, 0.2) is 10.9 Å². The number of hydrogen-bond acceptors (Lipinski definition) is 6. The van der Waals surface area contributed by atoms with Gasteiger partial charge in [-0.05, 0) is 6.92 Å². The molecule has 1 atom stereocenters. The van der Waals surface area contributed by atoms with E-state index in [0.717, 1.165) is 5.82 Å². The highest BCUT2D eigenvalue weighted by Crippen LogP contribution is 2.20. The van der Waals surface area contributed by atoms with Gasteiger partial charge in [0.1, 0.15) is 17.6 Å². The highest BCUT2D eigenvalue weighted by Gasteiger charge is 2.29. The Morgan fingerprint density at radius 2 is 2.53 bits per heavy atom. The van der Waals surface area contributed by atoms with Crippen LogP contribution < -0.4 is 0 Å². The van der Waals surface area contributed by atoms with Gasteiger partial charge in [0.25, 0.3) is 5.91 Å². The molecule has 1 unspecified atom stereocenters. The van der Waals surface area contributed by atoms with Gasteiger partial charge in [-0.1, -0.05) is 0 Å². The number of ether oxygens (including phenoxy) is 1. The van der Waals surface area contributed by atoms with E-state index in [0.29, 0.717) is 31.2 Å². The average Bonchev–Trinajstić information content (AvgIpc) is 3.09. The van der Waals surface area contributed by atoms with E-state index in [2.05, 4.69) is 20.2 Å². The Hall–Kier alpha value is -1.80. The average molecular weight is 279 g/mol. The Labute approximate surface area is 113 Å². The topological polar surface area (TPSA) is 84.0 Å². The number of amides is 1. The first-order valence-corrected chi connectivity index (χ1v) is 6.86. The molecule has 100 valence electrons. The second-order valence-corrected chi connectivity index (χ2v) is 4.98. The zero-order valence-corrected chi connectivity index (χ0v) is 11.2. The van der Waals surface area contributed by atoms with Crippen molar-refractivity contribution < 1.29 is 9.53 Å². The first kappa shape index (κ1) is 12.2. The smallest absolute Gasteiger partial charge is 0.273 e. The third kappa shape index (κ3) is 2.49. The Morgan fingerprint density at radius 1 is 1.63 bits per heavy atom. The molecule has 8 heteroatoms. The van der Waals surface area contributed by atoms with Crippen LogP contribution in [0.5, 0.6) is 0 Å². The normalized spacial score (nSPS) is 19.6. The third-order valence-electron chi connectivity index (χ3n) is 2.91. The fourth-order valence-electron chi connectivity index (χ4n) is 1.97. The summed E-state index contributed by atoms with van der Waals surface area (Å²) >= 11 is 1.41. The number of H-pyrrole nitrogens is 1. The van der Waals surface area contributed by atoms with Crippen LogP contribution in [-0.4, -0.2) is 50.7 Å². The number of rotatable bonds is 2. The molecule has 3 rings (SSSR count). The molecule has 0 aliphatic carbocycles. The molecule has 1 aliphatic rings. The van der Waals surface area contributed by atoms with Crippen molar-refractivity contribution in [1.29, 1.82) is 0 Å². The van der Waals surface area contributed by atoms with E-state index in [4.69, 9.17) is 4.74 Å². The van der Waals surface area contributed by atoms with Crippen LogP contribution in [0.25, 0.3) is 0 Å². The lowest BCUT2D eigenvalue weighted by molar-refractivity contribution is -0.0268. The van der Waals surface area contributed by atoms with Crippen molar-refractivity contribution in [3.8, 4) is 0 Å². The summed E-state index contributed by atoms with van der Waals surface area (Å²) in [6, 6.07) is 0. The van der Waals surface area contributed by atoms with Gasteiger partial charge in [-0.2, -0.15) is 5.10 Å². The highest BCUT2D eigenvalue weighted by molar-refractivity contribution is 7.07. The van der Waals surface area contributed by atoms with E-state index >= 15 is 0 Å². The summed E-state index contributed by atoms with van der Waals surface area (Å²) in [5.74, 6) is 1.26. The summed E-state index contributed by atoms with van der Waals surface area (Å²) in [6.07, 6.45) is -0.277. The number of aromatic amines is 1. The Morgan fingerprint density at radius 3 is 3.21 bits per heavy atom. The molecule has 0 saturated carbocycles. The molecule has 3 heterocycles. The molecule has 1 aliphatic heterocycles. The third-order valence-corrected chi connectivity index (χ3v) is 3.49. The van der Waals surface area contributed by atoms with Gasteiger partial charge in [0.05, 0.1) is 18.7 Å². The summed E-state index contributed by atoms with van der Waals surface area (Å²) < 4.78 is 5.62. The van der Waals surface area contributed by atoms with E-state index in [1.807, 2.05) is 6.92 Å². The first-order valence-electron chi connectivity index (χ1n) is 5.92. The number of nitrogens with zero attached hydrogens (tertiary/aromatic N) is 4. The molecule has 1 N–H and O–H groups in total. The van der Waals surface area contributed by atoms with Gasteiger partial charge in [0.15, 0.2) is 5.82 Å². The second kappa shape index (κ2) is 5.06. The lowest BCUT2D eigenvalue weighted by Crippen LogP contribution is -2.42. The molecule has 0 aromatic carbocycles. The zero-order chi connectivity index (χ0) is 13.2. The standard InChI is InChI=1S/C11H13N5O2S/c1-7-13-10(15-14-7)9-4-16(2-3-18-9)11(17)8-5-19-6-12-8/h5-6,9H,2-4H2,1H3,(H,13,14,15). The monoisotopic (exact) mass is 279 g/mol. The molecule has 2 aromatic heterocycles. The molecular formula is C11H13N5O2S. The van der Waals surface area contributed by atoms with Gasteiger partial charge in [0.2, 0.25) is 0 Å². The van der Waals surface area contributed by atoms with Crippen LogP contribution in [0.2, 0.25) is 0 Å². The number of morpholine rings is 1. The quantitative estimate of drug-likeness (QED) is 0.878. The first-order chi connectivity index (χ1) is 9.24. The number of nitrogens with one attached hydrogen (secondary N) is 1. The van der Waals surface area contributed by atoms with Crippen LogP contribution in [0.3, 0.4) is 0 Å². The Balaban J connectivity index is 1.73. The lowest BCUT2D eigenvalue weighted by atomic mass is 10.2. The molecule has 7 nitrogen and oxygen atoms in total. The molecular weight excluding hydrogens is 266 g/mol. The summed E-state index contributed by atoms with van der Waals surface area (Å²) in [7, 11) is 0. The summed E-state index contributed by atoms with van der Waals surface area (Å²) in [6.45, 7) is 3.33. The van der Waals surface area contributed by atoms with Gasteiger partial charge in [-0.15, -0.1) is 11.3 Å². The molecule has 0 bridgehead atoms. The van der Waals surface area contributed by atoms with Crippen LogP contribution in [-0.2, 0) is 4.74 Å². The maximum atomic E-state index is 12.2. The van der Waals surface area contributed by atoms with E-state index < -0.39 is 0 Å². The summed E-state index contributed by atoms with van der Waals surface area (Å²) in [5, 5.41) is 8.62. The summed E-state index contributed by atoms with van der Waals surface area (Å²) in [4.78, 5) is 22.2. The number of aromatic nitrogens is 4. The predicted octanol–water partition coefficient (Wildman–Crippen LogP) is 0.783. The molecule has 0 radical (unpaired) electrons. The fourth-order valence-corrected chi connectivity index (χ4v) is 2.50. The van der Waals surface area contributed by atoms with Crippen molar-refractivity contribution in [2.24, 2.45) is 0 Å². The van der Waals surface area contributed by atoms with Crippen LogP contribution >= 0.6 is 11.3 Å². The van der Waals surface area contributed by atoms with E-state index in [-0.39, 0.29) is 12.0 Å². The van der Waals surface area contributed by atoms with Crippen LogP contribution in [0.1, 0.15) is 28.2 Å². The molecule has 0 spiro atoms. The molecule has 1 saturated heterocycles. The van der Waals surface area contributed by atoms with Crippen molar-refractivity contribution in [1.82, 2.24) is 25.1 Å². The van der Waals surface area contributed by atoms with E-state index in [1.54, 1.807) is 15.8 Å². The van der Waals surface area contributed by atoms with Gasteiger partial charge in [0, 0.05) is 11.9 Å². The van der Waals surface area contributed by atoms with Crippen LogP contribution in [0.4, 0.5) is 0 Å². The van der Waals surface area contributed by atoms with Gasteiger partial charge < -0.3 is 9.64 Å². The van der Waals surface area contributed by atoms with Gasteiger partial charge in [-0.3, -0.25) is 9.89 Å². The summed E-state index contributed by atoms with van der Waals surface area (Å²) in [5.41, 5.74) is 2.14. The molecule has 2 aromatic rings. The van der Waals surface area contributed by atoms with E-state index in [9.17, 15) is 4.79 Å². The highest BCUT2D eigenvalue weighted by atomic mass is 32.1. The zero-order valence-electron chi connectivity index (χ0n) is 10.4. The van der Waals surface area contributed by atoms with Crippen molar-refractivity contribution in [2.75, 3.05) is 19.7 Å². The molecule has 1 fully saturated rings. The number of carbonyl (C=O) groups excluding carboxylic acids is 1. The number of hydrogen-bond donors (Lipinski definition) is 1. The minimum Gasteiger partial charge on any atom is -0.366 e. The fraction of sp³-hybridized carbons (Fsp3) is 0.455. The van der Waals surface area contributed by atoms with Crippen molar-refractivity contribution in [2.45, 2.75) is 13.0 Å². The Bertz CT molecular complexity index is 567. The largest absolute Gasteiger partial charge is 0.366 e. The number of carbonyl (C=O) groups is 1. The van der Waals surface area contributed by atoms with Crippen LogP contribution in [0, 0.1) is 6.92 Å². The van der Waals surface area contributed by atoms with Gasteiger partial charge >= 0.3 is 0 Å². The maximum absolute atomic E-state index is 12.2. The minimum atomic E-state index is -0.277. The van der Waals surface area contributed by atoms with Crippen molar-refractivity contribution in [3.63, 3.8) is 0 Å². The van der Waals surface area contributed by atoms with Crippen molar-refractivity contribution >= 4 is 17.2 Å². The predicted molar refractivity (Wildman–Crippen MR) is 67.8 cm³/mol. The van der Waals surface area contributed by atoms with E-state index in [1.165, 1.54) is 11.3 Å². The SMILES string of the molecule is Cc1nc(C2CN(C(=O)c3cscn3)CCO2)n[nH]1. The number of thiazole rings is 1. The van der Waals surface area contributed by atoms with Gasteiger partial charge in [-0.25, -0.2) is 9.97 Å².